The average Bonchev–Trinajstić information content (AvgIpc) is 4.01. The van der Waals surface area contributed by atoms with Gasteiger partial charge in [-0.25, -0.2) is 0 Å². The Morgan fingerprint density at radius 2 is 0.620 bits per heavy atom. The molecule has 79 heavy (non-hydrogen) atoms. The molecule has 0 radical (unpaired) electrons. The van der Waals surface area contributed by atoms with Gasteiger partial charge in [-0.05, 0) is 168 Å². The zero-order valence-electron chi connectivity index (χ0n) is 43.4. The summed E-state index contributed by atoms with van der Waals surface area (Å²) in [5, 5.41) is 4.92. The zero-order chi connectivity index (χ0) is 52.3. The predicted octanol–water partition coefficient (Wildman–Crippen LogP) is 20.4. The van der Waals surface area contributed by atoms with Gasteiger partial charge in [-0.1, -0.05) is 237 Å². The first-order valence-corrected chi connectivity index (χ1v) is 27.3. The maximum Gasteiger partial charge on any atom is 0.0713 e. The van der Waals surface area contributed by atoms with Crippen molar-refractivity contribution in [2.24, 2.45) is 0 Å². The normalized spacial score (nSPS) is 12.4. The van der Waals surface area contributed by atoms with E-state index in [1.807, 2.05) is 0 Å². The number of nitrogens with zero attached hydrogens (tertiary/aromatic N) is 2. The average molecular weight is 1010 g/mol. The Kier molecular flexibility index (Phi) is 11.1. The molecule has 0 N–H and O–H groups in total. The van der Waals surface area contributed by atoms with Crippen LogP contribution in [0.1, 0.15) is 22.3 Å². The fourth-order valence-electron chi connectivity index (χ4n) is 12.7. The van der Waals surface area contributed by atoms with Crippen molar-refractivity contribution in [3.8, 4) is 61.3 Å². The molecule has 1 aromatic heterocycles. The summed E-state index contributed by atoms with van der Waals surface area (Å²) in [5.41, 5.74) is 23.6. The summed E-state index contributed by atoms with van der Waals surface area (Å²) in [6, 6.07) is 116. The highest BCUT2D eigenvalue weighted by Crippen LogP contribution is 2.56. The second-order valence-electron chi connectivity index (χ2n) is 20.8. The third-order valence-electron chi connectivity index (χ3n) is 16.5. The molecule has 0 saturated heterocycles. The highest BCUT2D eigenvalue weighted by atomic mass is 15.1. The van der Waals surface area contributed by atoms with Crippen LogP contribution in [0.5, 0.6) is 0 Å². The maximum absolute atomic E-state index is 2.41. The summed E-state index contributed by atoms with van der Waals surface area (Å²) >= 11 is 0. The lowest BCUT2D eigenvalue weighted by Gasteiger charge is -2.34. The first-order valence-electron chi connectivity index (χ1n) is 27.3. The second-order valence-corrected chi connectivity index (χ2v) is 20.8. The summed E-state index contributed by atoms with van der Waals surface area (Å²) in [6.07, 6.45) is 0. The lowest BCUT2D eigenvalue weighted by molar-refractivity contribution is 0.768. The second kappa shape index (κ2) is 19.1. The van der Waals surface area contributed by atoms with E-state index in [9.17, 15) is 0 Å². The van der Waals surface area contributed by atoms with E-state index in [0.717, 1.165) is 28.3 Å². The van der Waals surface area contributed by atoms with Crippen molar-refractivity contribution in [1.82, 2.24) is 4.57 Å². The van der Waals surface area contributed by atoms with E-state index in [0.29, 0.717) is 0 Å². The third-order valence-corrected chi connectivity index (χ3v) is 16.5. The highest BCUT2D eigenvalue weighted by Gasteiger charge is 2.45. The quantitative estimate of drug-likeness (QED) is 0.133. The van der Waals surface area contributed by atoms with Crippen LogP contribution in [-0.4, -0.2) is 4.57 Å². The standard InChI is InChI=1S/C77H52N2/c1-4-16-53(17-5-1)55-32-42-66(43-33-55)78(67-44-34-57(35-45-67)60-29-28-54-18-10-11-19-59(54)50-60)68-46-36-58(37-47-68)62-39-49-76-72(52-62)71-51-61(38-48-75(71)79(76)65-22-8-3-9-23-65)56-30-40-64(41-31-56)77(63-20-6-2-7-21-63)73-26-14-12-24-69(73)70-25-13-15-27-74(70)77/h1-52H. The molecule has 1 aliphatic rings. The molecule has 13 aromatic carbocycles. The Morgan fingerprint density at radius 1 is 0.253 bits per heavy atom. The van der Waals surface area contributed by atoms with E-state index in [1.165, 1.54) is 105 Å². The van der Waals surface area contributed by atoms with Crippen LogP contribution in [0, 0.1) is 0 Å². The van der Waals surface area contributed by atoms with Gasteiger partial charge in [0.05, 0.1) is 16.4 Å². The van der Waals surface area contributed by atoms with Crippen molar-refractivity contribution in [3.63, 3.8) is 0 Å². The summed E-state index contributed by atoms with van der Waals surface area (Å²) < 4.78 is 2.41. The minimum atomic E-state index is -0.439. The molecule has 1 heterocycles. The van der Waals surface area contributed by atoms with Crippen LogP contribution in [0.15, 0.2) is 315 Å². The van der Waals surface area contributed by atoms with E-state index in [2.05, 4.69) is 325 Å². The first kappa shape index (κ1) is 46.1. The molecule has 0 fully saturated rings. The van der Waals surface area contributed by atoms with Gasteiger partial charge >= 0.3 is 0 Å². The van der Waals surface area contributed by atoms with E-state index >= 15 is 0 Å². The van der Waals surface area contributed by atoms with Crippen LogP contribution >= 0.6 is 0 Å². The van der Waals surface area contributed by atoms with E-state index in [-0.39, 0.29) is 0 Å². The van der Waals surface area contributed by atoms with Crippen molar-refractivity contribution >= 4 is 49.6 Å². The number of rotatable bonds is 10. The number of aromatic nitrogens is 1. The summed E-state index contributed by atoms with van der Waals surface area (Å²) in [7, 11) is 0. The summed E-state index contributed by atoms with van der Waals surface area (Å²) in [4.78, 5) is 2.36. The SMILES string of the molecule is c1ccc(-c2ccc(N(c3ccc(-c4ccc5ccccc5c4)cc3)c3ccc(-c4ccc5c(c4)c4cc(-c6ccc(C7(c8ccccc8)c8ccccc8-c8ccccc87)cc6)ccc4n5-c4ccccc4)cc3)cc2)cc1. The minimum Gasteiger partial charge on any atom is -0.311 e. The largest absolute Gasteiger partial charge is 0.311 e. The van der Waals surface area contributed by atoms with Crippen molar-refractivity contribution in [2.45, 2.75) is 5.41 Å². The molecule has 2 heteroatoms. The zero-order valence-corrected chi connectivity index (χ0v) is 43.4. The van der Waals surface area contributed by atoms with Gasteiger partial charge in [0.1, 0.15) is 0 Å². The molecule has 0 unspecified atom stereocenters. The minimum absolute atomic E-state index is 0.439. The molecule has 0 aliphatic heterocycles. The number of hydrogen-bond acceptors (Lipinski definition) is 1. The van der Waals surface area contributed by atoms with Gasteiger partial charge in [-0.15, -0.1) is 0 Å². The van der Waals surface area contributed by atoms with Crippen molar-refractivity contribution in [3.05, 3.63) is 338 Å². The Morgan fingerprint density at radius 3 is 1.15 bits per heavy atom. The number of para-hydroxylation sites is 1. The van der Waals surface area contributed by atoms with Crippen LogP contribution in [0.3, 0.4) is 0 Å². The Labute approximate surface area is 461 Å². The van der Waals surface area contributed by atoms with E-state index < -0.39 is 5.41 Å². The number of fused-ring (bicyclic) bond motifs is 7. The van der Waals surface area contributed by atoms with Gasteiger partial charge < -0.3 is 9.47 Å². The van der Waals surface area contributed by atoms with Gasteiger partial charge in [0.25, 0.3) is 0 Å². The third kappa shape index (κ3) is 7.79. The highest BCUT2D eigenvalue weighted by molar-refractivity contribution is 6.11. The van der Waals surface area contributed by atoms with Gasteiger partial charge in [-0.2, -0.15) is 0 Å². The molecular formula is C77H52N2. The molecule has 2 nitrogen and oxygen atoms in total. The van der Waals surface area contributed by atoms with Crippen molar-refractivity contribution in [2.75, 3.05) is 4.90 Å². The lowest BCUT2D eigenvalue weighted by atomic mass is 9.67. The predicted molar refractivity (Wildman–Crippen MR) is 332 cm³/mol. The van der Waals surface area contributed by atoms with Crippen LogP contribution < -0.4 is 4.90 Å². The molecule has 14 aromatic rings. The van der Waals surface area contributed by atoms with Crippen molar-refractivity contribution in [1.29, 1.82) is 0 Å². The Hall–Kier alpha value is -10.3. The molecule has 0 saturated carbocycles. The molecule has 15 rings (SSSR count). The smallest absolute Gasteiger partial charge is 0.0713 e. The van der Waals surface area contributed by atoms with Gasteiger partial charge in [-0.3, -0.25) is 0 Å². The maximum atomic E-state index is 2.41. The summed E-state index contributed by atoms with van der Waals surface area (Å²) in [6.45, 7) is 0. The molecule has 0 atom stereocenters. The lowest BCUT2D eigenvalue weighted by Crippen LogP contribution is -2.28. The molecular weight excluding hydrogens is 953 g/mol. The molecule has 0 spiro atoms. The number of benzene rings is 13. The Balaban J connectivity index is 0.806. The monoisotopic (exact) mass is 1000 g/mol. The number of anilines is 3. The van der Waals surface area contributed by atoms with Crippen LogP contribution in [0.2, 0.25) is 0 Å². The molecule has 0 bridgehead atoms. The van der Waals surface area contributed by atoms with E-state index in [1.54, 1.807) is 0 Å². The molecule has 0 amide bonds. The van der Waals surface area contributed by atoms with Gasteiger partial charge in [0.15, 0.2) is 0 Å². The van der Waals surface area contributed by atoms with E-state index in [4.69, 9.17) is 0 Å². The first-order chi connectivity index (χ1) is 39.2. The topological polar surface area (TPSA) is 8.17 Å². The van der Waals surface area contributed by atoms with Gasteiger partial charge in [0, 0.05) is 33.5 Å². The number of hydrogen-bond donors (Lipinski definition) is 0. The molecule has 370 valence electrons. The Bertz CT molecular complexity index is 4490. The summed E-state index contributed by atoms with van der Waals surface area (Å²) in [5.74, 6) is 0. The van der Waals surface area contributed by atoms with Crippen LogP contribution in [0.25, 0.3) is 93.9 Å². The van der Waals surface area contributed by atoms with Gasteiger partial charge in [0.2, 0.25) is 0 Å². The van der Waals surface area contributed by atoms with Crippen LogP contribution in [-0.2, 0) is 5.41 Å². The molecule has 1 aliphatic carbocycles. The van der Waals surface area contributed by atoms with Crippen molar-refractivity contribution < 1.29 is 0 Å². The van der Waals surface area contributed by atoms with Crippen LogP contribution in [0.4, 0.5) is 17.1 Å². The fourth-order valence-corrected chi connectivity index (χ4v) is 12.7. The fraction of sp³-hybridized carbons (Fsp3) is 0.0130.